The quantitative estimate of drug-likeness (QED) is 0.498. The normalized spacial score (nSPS) is 35.4. The van der Waals surface area contributed by atoms with E-state index in [0.29, 0.717) is 18.3 Å². The number of rotatable bonds is 1. The van der Waals surface area contributed by atoms with Crippen LogP contribution in [0.3, 0.4) is 0 Å². The fourth-order valence-corrected chi connectivity index (χ4v) is 7.41. The third kappa shape index (κ3) is 3.55. The molecule has 174 valence electrons. The molecule has 1 N–H and O–H groups in total. The predicted octanol–water partition coefficient (Wildman–Crippen LogP) is 6.59. The van der Waals surface area contributed by atoms with Gasteiger partial charge in [0.2, 0.25) is 0 Å². The second-order valence-corrected chi connectivity index (χ2v) is 11.7. The highest BCUT2D eigenvalue weighted by Crippen LogP contribution is 2.66. The van der Waals surface area contributed by atoms with Crippen LogP contribution in [-0.2, 0) is 4.79 Å². The van der Waals surface area contributed by atoms with Crippen molar-refractivity contribution in [3.8, 4) is 11.8 Å². The van der Waals surface area contributed by atoms with E-state index < -0.39 is 5.60 Å². The van der Waals surface area contributed by atoms with Crippen LogP contribution < -0.4 is 0 Å². The predicted molar refractivity (Wildman–Crippen MR) is 134 cm³/mol. The first-order valence-electron chi connectivity index (χ1n) is 12.9. The molecule has 2 nitrogen and oxygen atoms in total. The summed E-state index contributed by atoms with van der Waals surface area (Å²) in [4.78, 5) is 12.2. The van der Waals surface area contributed by atoms with Crippen LogP contribution >= 0.6 is 0 Å². The third-order valence-electron chi connectivity index (χ3n) is 9.39. The van der Waals surface area contributed by atoms with E-state index in [1.807, 2.05) is 6.08 Å². The average Bonchev–Trinajstić information content (AvgIpc) is 3.04. The summed E-state index contributed by atoms with van der Waals surface area (Å²) in [5, 5.41) is 12.0. The summed E-state index contributed by atoms with van der Waals surface area (Å²) in [6.07, 6.45) is 8.29. The number of aliphatic hydroxyl groups is 1. The fraction of sp³-hybridized carbons (Fsp3) is 0.581. The molecule has 2 saturated carbocycles. The van der Waals surface area contributed by atoms with Crippen LogP contribution in [0.15, 0.2) is 41.0 Å². The van der Waals surface area contributed by atoms with Crippen molar-refractivity contribution in [2.75, 3.05) is 0 Å². The van der Waals surface area contributed by atoms with Crippen molar-refractivity contribution >= 4 is 5.78 Å². The van der Waals surface area contributed by atoms with Gasteiger partial charge in [0.1, 0.15) is 5.60 Å². The Morgan fingerprint density at radius 2 is 1.88 bits per heavy atom. The number of aryl methyl sites for hydroxylation is 2. The molecule has 4 aliphatic carbocycles. The highest BCUT2D eigenvalue weighted by atomic mass is 16.3. The van der Waals surface area contributed by atoms with Crippen LogP contribution in [0.1, 0.15) is 88.3 Å². The fourth-order valence-electron chi connectivity index (χ4n) is 7.41. The van der Waals surface area contributed by atoms with Crippen molar-refractivity contribution < 1.29 is 9.90 Å². The molecular formula is C31H38O2. The number of fused-ring (bicyclic) bond motifs is 4. The van der Waals surface area contributed by atoms with Crippen molar-refractivity contribution in [3.63, 3.8) is 0 Å². The van der Waals surface area contributed by atoms with Gasteiger partial charge in [0.15, 0.2) is 5.78 Å². The molecule has 0 saturated heterocycles. The molecule has 5 atom stereocenters. The van der Waals surface area contributed by atoms with Crippen molar-refractivity contribution in [2.24, 2.45) is 23.2 Å². The Bertz CT molecular complexity index is 1120. The Kier molecular flexibility index (Phi) is 5.49. The molecule has 0 bridgehead atoms. The lowest BCUT2D eigenvalue weighted by molar-refractivity contribution is -0.114. The maximum absolute atomic E-state index is 12.2. The molecule has 0 radical (unpaired) electrons. The summed E-state index contributed by atoms with van der Waals surface area (Å²) in [7, 11) is 0. The van der Waals surface area contributed by atoms with E-state index in [-0.39, 0.29) is 23.0 Å². The highest BCUT2D eigenvalue weighted by molar-refractivity contribution is 5.93. The van der Waals surface area contributed by atoms with Gasteiger partial charge in [-0.3, -0.25) is 4.79 Å². The molecule has 1 aromatic rings. The van der Waals surface area contributed by atoms with Crippen LogP contribution in [0.25, 0.3) is 0 Å². The Balaban J connectivity index is 1.68. The van der Waals surface area contributed by atoms with Gasteiger partial charge in [-0.25, -0.2) is 0 Å². The number of carbonyl (C=O) groups is 1. The molecule has 0 unspecified atom stereocenters. The molecule has 5 rings (SSSR count). The lowest BCUT2D eigenvalue weighted by Gasteiger charge is -2.53. The lowest BCUT2D eigenvalue weighted by Crippen LogP contribution is -2.51. The van der Waals surface area contributed by atoms with Crippen LogP contribution in [0.5, 0.6) is 0 Å². The summed E-state index contributed by atoms with van der Waals surface area (Å²) < 4.78 is 0. The molecule has 0 spiro atoms. The first-order chi connectivity index (χ1) is 15.6. The first-order valence-corrected chi connectivity index (χ1v) is 12.9. The molecule has 1 aromatic carbocycles. The molecule has 0 aromatic heterocycles. The Hall–Kier alpha value is -2.11. The molecule has 2 fully saturated rings. The second-order valence-electron chi connectivity index (χ2n) is 11.7. The van der Waals surface area contributed by atoms with Crippen molar-refractivity contribution in [1.82, 2.24) is 0 Å². The van der Waals surface area contributed by atoms with E-state index in [1.165, 1.54) is 27.8 Å². The summed E-state index contributed by atoms with van der Waals surface area (Å²) in [6.45, 7) is 10.9. The molecule has 0 amide bonds. The maximum atomic E-state index is 12.2. The van der Waals surface area contributed by atoms with Gasteiger partial charge in [-0.05, 0) is 98.1 Å². The number of allylic oxidation sites excluding steroid dienone is 4. The molecular weight excluding hydrogens is 404 g/mol. The van der Waals surface area contributed by atoms with E-state index in [9.17, 15) is 9.90 Å². The largest absolute Gasteiger partial charge is 0.377 e. The number of hydrogen-bond acceptors (Lipinski definition) is 2. The highest BCUT2D eigenvalue weighted by Gasteiger charge is 2.62. The topological polar surface area (TPSA) is 37.3 Å². The minimum Gasteiger partial charge on any atom is -0.377 e. The second kappa shape index (κ2) is 7.99. The van der Waals surface area contributed by atoms with Crippen LogP contribution in [0.4, 0.5) is 0 Å². The van der Waals surface area contributed by atoms with Crippen molar-refractivity contribution in [1.29, 1.82) is 0 Å². The summed E-state index contributed by atoms with van der Waals surface area (Å²) in [6, 6.07) is 6.93. The zero-order valence-electron chi connectivity index (χ0n) is 20.9. The minimum atomic E-state index is -0.922. The van der Waals surface area contributed by atoms with E-state index >= 15 is 0 Å². The van der Waals surface area contributed by atoms with Gasteiger partial charge in [-0.2, -0.15) is 0 Å². The zero-order chi connectivity index (χ0) is 23.5. The van der Waals surface area contributed by atoms with Gasteiger partial charge in [-0.1, -0.05) is 56.4 Å². The summed E-state index contributed by atoms with van der Waals surface area (Å²) >= 11 is 0. The average molecular weight is 443 g/mol. The Morgan fingerprint density at radius 3 is 2.61 bits per heavy atom. The lowest BCUT2D eigenvalue weighted by atomic mass is 9.51. The van der Waals surface area contributed by atoms with Crippen molar-refractivity contribution in [3.05, 3.63) is 57.7 Å². The SMILES string of the molecule is Cc1ccc([C@H]2C[C@@]3(C)[C@@H](CC[C@@]3(O)C#CC(C)C)[C@@H]3CCC4=CC(=O)CCC4=C32)cc1C. The van der Waals surface area contributed by atoms with Crippen molar-refractivity contribution in [2.45, 2.75) is 91.1 Å². The third-order valence-corrected chi connectivity index (χ3v) is 9.39. The molecule has 0 aliphatic heterocycles. The first kappa shape index (κ1) is 22.7. The summed E-state index contributed by atoms with van der Waals surface area (Å²) in [5.41, 5.74) is 7.23. The summed E-state index contributed by atoms with van der Waals surface area (Å²) in [5.74, 6) is 8.46. The Morgan fingerprint density at radius 1 is 1.09 bits per heavy atom. The van der Waals surface area contributed by atoms with E-state index in [4.69, 9.17) is 0 Å². The number of carbonyl (C=O) groups excluding carboxylic acids is 1. The smallest absolute Gasteiger partial charge is 0.156 e. The molecule has 4 aliphatic rings. The van der Waals surface area contributed by atoms with Crippen LogP contribution in [-0.4, -0.2) is 16.5 Å². The van der Waals surface area contributed by atoms with Gasteiger partial charge in [-0.15, -0.1) is 0 Å². The number of ketones is 1. The van der Waals surface area contributed by atoms with Crippen LogP contribution in [0, 0.1) is 48.9 Å². The Labute approximate surface area is 199 Å². The van der Waals surface area contributed by atoms with Gasteiger partial charge >= 0.3 is 0 Å². The van der Waals surface area contributed by atoms with Gasteiger partial charge in [0.05, 0.1) is 0 Å². The number of benzene rings is 1. The monoisotopic (exact) mass is 442 g/mol. The number of hydrogen-bond donors (Lipinski definition) is 1. The van der Waals surface area contributed by atoms with E-state index in [0.717, 1.165) is 38.5 Å². The molecule has 2 heteroatoms. The van der Waals surface area contributed by atoms with Gasteiger partial charge in [0, 0.05) is 23.7 Å². The zero-order valence-corrected chi connectivity index (χ0v) is 20.9. The standard InChI is InChI=1S/C31H38O2/c1-19(2)12-14-31(33)15-13-28-26-10-8-23-17-24(32)9-11-25(23)29(26)27(18-30(28,31)5)22-7-6-20(3)21(4)16-22/h6-7,16-17,19,26-28,33H,8-11,13,15,18H2,1-5H3/t26-,27+,28-,30-,31-/m0/s1. The van der Waals surface area contributed by atoms with Crippen LogP contribution in [0.2, 0.25) is 0 Å². The van der Waals surface area contributed by atoms with Gasteiger partial charge < -0.3 is 5.11 Å². The van der Waals surface area contributed by atoms with E-state index in [2.05, 4.69) is 64.7 Å². The van der Waals surface area contributed by atoms with E-state index in [1.54, 1.807) is 5.57 Å². The van der Waals surface area contributed by atoms with Gasteiger partial charge in [0.25, 0.3) is 0 Å². The molecule has 33 heavy (non-hydrogen) atoms. The maximum Gasteiger partial charge on any atom is 0.156 e. The minimum absolute atomic E-state index is 0.223. The molecule has 0 heterocycles.